The topological polar surface area (TPSA) is 52.3 Å². The number of ether oxygens (including phenoxy) is 1. The lowest BCUT2D eigenvalue weighted by atomic mass is 9.79. The Morgan fingerprint density at radius 2 is 2.11 bits per heavy atom. The van der Waals surface area contributed by atoms with Crippen LogP contribution in [0.3, 0.4) is 0 Å². The van der Waals surface area contributed by atoms with Crippen molar-refractivity contribution in [2.24, 2.45) is 11.1 Å². The van der Waals surface area contributed by atoms with Crippen molar-refractivity contribution >= 4 is 17.4 Å². The third-order valence-corrected chi connectivity index (χ3v) is 4.37. The molecule has 19 heavy (non-hydrogen) atoms. The highest BCUT2D eigenvalue weighted by Gasteiger charge is 2.39. The molecule has 2 rings (SSSR count). The van der Waals surface area contributed by atoms with Crippen LogP contribution in [-0.2, 0) is 11.2 Å². The van der Waals surface area contributed by atoms with Gasteiger partial charge in [0.1, 0.15) is 11.5 Å². The Labute approximate surface area is 119 Å². The van der Waals surface area contributed by atoms with Gasteiger partial charge >= 0.3 is 0 Å². The first kappa shape index (κ1) is 14.4. The molecule has 1 saturated carbocycles. The molecule has 4 heteroatoms. The molecule has 3 nitrogen and oxygen atoms in total. The predicted molar refractivity (Wildman–Crippen MR) is 76.7 cm³/mol. The number of carbonyl (C=O) groups excluding carboxylic acids is 1. The van der Waals surface area contributed by atoms with E-state index in [-0.39, 0.29) is 11.2 Å². The van der Waals surface area contributed by atoms with Crippen molar-refractivity contribution in [3.05, 3.63) is 28.8 Å². The minimum Gasteiger partial charge on any atom is -0.496 e. The first-order chi connectivity index (χ1) is 9.11. The standard InChI is InChI=1S/C15H20ClNO2/c1-19-13-5-4-12(16)8-11(13)9-14(18)15(10-17)6-2-3-7-15/h4-5,8H,2-3,6-7,9-10,17H2,1H3. The monoisotopic (exact) mass is 281 g/mol. The summed E-state index contributed by atoms with van der Waals surface area (Å²) in [7, 11) is 1.60. The molecular weight excluding hydrogens is 262 g/mol. The molecule has 0 aliphatic heterocycles. The van der Waals surface area contributed by atoms with Crippen LogP contribution in [0.2, 0.25) is 5.02 Å². The van der Waals surface area contributed by atoms with Gasteiger partial charge in [0.25, 0.3) is 0 Å². The molecule has 2 N–H and O–H groups in total. The number of rotatable bonds is 5. The Balaban J connectivity index is 2.20. The van der Waals surface area contributed by atoms with Crippen LogP contribution >= 0.6 is 11.6 Å². The molecule has 1 aliphatic carbocycles. The van der Waals surface area contributed by atoms with E-state index in [4.69, 9.17) is 22.1 Å². The average molecular weight is 282 g/mol. The maximum atomic E-state index is 12.6. The molecule has 104 valence electrons. The van der Waals surface area contributed by atoms with Crippen molar-refractivity contribution in [1.29, 1.82) is 0 Å². The minimum absolute atomic E-state index is 0.216. The number of halogens is 1. The number of nitrogens with two attached hydrogens (primary N) is 1. The van der Waals surface area contributed by atoms with Crippen molar-refractivity contribution in [3.63, 3.8) is 0 Å². The molecule has 0 radical (unpaired) electrons. The fourth-order valence-corrected chi connectivity index (χ4v) is 3.09. The van der Waals surface area contributed by atoms with Crippen LogP contribution in [0.15, 0.2) is 18.2 Å². The molecule has 1 aliphatic rings. The van der Waals surface area contributed by atoms with E-state index in [0.29, 0.717) is 23.7 Å². The second kappa shape index (κ2) is 5.93. The highest BCUT2D eigenvalue weighted by Crippen LogP contribution is 2.39. The van der Waals surface area contributed by atoms with E-state index >= 15 is 0 Å². The number of hydrogen-bond acceptors (Lipinski definition) is 3. The largest absolute Gasteiger partial charge is 0.496 e. The highest BCUT2D eigenvalue weighted by molar-refractivity contribution is 6.30. The Bertz CT molecular complexity index is 467. The van der Waals surface area contributed by atoms with Gasteiger partial charge in [-0.2, -0.15) is 0 Å². The summed E-state index contributed by atoms with van der Waals surface area (Å²) in [6.07, 6.45) is 4.35. The number of hydrogen-bond donors (Lipinski definition) is 1. The number of methoxy groups -OCH3 is 1. The number of ketones is 1. The fraction of sp³-hybridized carbons (Fsp3) is 0.533. The molecule has 0 saturated heterocycles. The first-order valence-electron chi connectivity index (χ1n) is 6.67. The van der Waals surface area contributed by atoms with Gasteiger partial charge in [-0.15, -0.1) is 0 Å². The zero-order chi connectivity index (χ0) is 13.9. The summed E-state index contributed by atoms with van der Waals surface area (Å²) in [4.78, 5) is 12.6. The summed E-state index contributed by atoms with van der Waals surface area (Å²) >= 11 is 5.99. The van der Waals surface area contributed by atoms with Gasteiger partial charge in [-0.25, -0.2) is 0 Å². The summed E-state index contributed by atoms with van der Waals surface area (Å²) in [5.74, 6) is 0.927. The first-order valence-corrected chi connectivity index (χ1v) is 7.05. The molecule has 1 aromatic rings. The van der Waals surface area contributed by atoms with Gasteiger partial charge < -0.3 is 10.5 Å². The molecule has 0 unspecified atom stereocenters. The second-order valence-electron chi connectivity index (χ2n) is 5.25. The molecule has 1 aromatic carbocycles. The Morgan fingerprint density at radius 1 is 1.42 bits per heavy atom. The molecule has 0 spiro atoms. The van der Waals surface area contributed by atoms with Crippen molar-refractivity contribution in [2.75, 3.05) is 13.7 Å². The molecule has 0 bridgehead atoms. The lowest BCUT2D eigenvalue weighted by Crippen LogP contribution is -2.37. The number of Topliss-reactive ketones (excluding diaryl/α,β-unsaturated/α-hetero) is 1. The summed E-state index contributed by atoms with van der Waals surface area (Å²) < 4.78 is 5.29. The predicted octanol–water partition coefficient (Wildman–Crippen LogP) is 2.98. The van der Waals surface area contributed by atoms with Gasteiger partial charge in [0.05, 0.1) is 7.11 Å². The molecule has 0 amide bonds. The smallest absolute Gasteiger partial charge is 0.144 e. The van der Waals surface area contributed by atoms with E-state index in [1.807, 2.05) is 0 Å². The van der Waals surface area contributed by atoms with Gasteiger partial charge in [0.15, 0.2) is 0 Å². The van der Waals surface area contributed by atoms with Crippen LogP contribution in [0, 0.1) is 5.41 Å². The maximum absolute atomic E-state index is 12.6. The van der Waals surface area contributed by atoms with Crippen LogP contribution in [0.1, 0.15) is 31.2 Å². The van der Waals surface area contributed by atoms with Gasteiger partial charge in [-0.1, -0.05) is 24.4 Å². The van der Waals surface area contributed by atoms with Crippen LogP contribution in [0.4, 0.5) is 0 Å². The minimum atomic E-state index is -0.326. The van der Waals surface area contributed by atoms with Crippen molar-refractivity contribution in [1.82, 2.24) is 0 Å². The van der Waals surface area contributed by atoms with Gasteiger partial charge in [0.2, 0.25) is 0 Å². The van der Waals surface area contributed by atoms with Crippen LogP contribution in [0.25, 0.3) is 0 Å². The quantitative estimate of drug-likeness (QED) is 0.903. The van der Waals surface area contributed by atoms with Gasteiger partial charge in [-0.3, -0.25) is 4.79 Å². The zero-order valence-electron chi connectivity index (χ0n) is 11.2. The third kappa shape index (κ3) is 2.93. The van der Waals surface area contributed by atoms with E-state index in [9.17, 15) is 4.79 Å². The SMILES string of the molecule is COc1ccc(Cl)cc1CC(=O)C1(CN)CCCC1. The number of benzene rings is 1. The second-order valence-corrected chi connectivity index (χ2v) is 5.68. The van der Waals surface area contributed by atoms with E-state index in [1.165, 1.54) is 0 Å². The number of carbonyl (C=O) groups is 1. The molecular formula is C15H20ClNO2. The highest BCUT2D eigenvalue weighted by atomic mass is 35.5. The van der Waals surface area contributed by atoms with Crippen LogP contribution in [0.5, 0.6) is 5.75 Å². The fourth-order valence-electron chi connectivity index (χ4n) is 2.89. The van der Waals surface area contributed by atoms with E-state index < -0.39 is 0 Å². The summed E-state index contributed by atoms with van der Waals surface area (Å²) in [5, 5.41) is 0.622. The van der Waals surface area contributed by atoms with E-state index in [0.717, 1.165) is 31.2 Å². The Kier molecular flexibility index (Phi) is 4.48. The molecule has 1 fully saturated rings. The summed E-state index contributed by atoms with van der Waals surface area (Å²) in [5.41, 5.74) is 6.37. The summed E-state index contributed by atoms with van der Waals surface area (Å²) in [6, 6.07) is 5.37. The summed E-state index contributed by atoms with van der Waals surface area (Å²) in [6.45, 7) is 0.439. The molecule has 0 heterocycles. The van der Waals surface area contributed by atoms with Crippen molar-refractivity contribution in [3.8, 4) is 5.75 Å². The lowest BCUT2D eigenvalue weighted by Gasteiger charge is -2.25. The van der Waals surface area contributed by atoms with Gasteiger partial charge in [0, 0.05) is 29.0 Å². The van der Waals surface area contributed by atoms with Gasteiger partial charge in [-0.05, 0) is 31.0 Å². The van der Waals surface area contributed by atoms with Crippen LogP contribution < -0.4 is 10.5 Å². The zero-order valence-corrected chi connectivity index (χ0v) is 12.0. The van der Waals surface area contributed by atoms with Crippen LogP contribution in [-0.4, -0.2) is 19.4 Å². The third-order valence-electron chi connectivity index (χ3n) is 4.14. The van der Waals surface area contributed by atoms with E-state index in [2.05, 4.69) is 0 Å². The lowest BCUT2D eigenvalue weighted by molar-refractivity contribution is -0.127. The average Bonchev–Trinajstić information content (AvgIpc) is 2.89. The van der Waals surface area contributed by atoms with Crippen molar-refractivity contribution in [2.45, 2.75) is 32.1 Å². The molecule has 0 aromatic heterocycles. The molecule has 0 atom stereocenters. The Hall–Kier alpha value is -1.06. The Morgan fingerprint density at radius 3 is 2.68 bits per heavy atom. The normalized spacial score (nSPS) is 17.4. The maximum Gasteiger partial charge on any atom is 0.144 e. The van der Waals surface area contributed by atoms with Crippen molar-refractivity contribution < 1.29 is 9.53 Å². The van der Waals surface area contributed by atoms with E-state index in [1.54, 1.807) is 25.3 Å².